The first-order valence-corrected chi connectivity index (χ1v) is 7.36. The zero-order valence-corrected chi connectivity index (χ0v) is 11.0. The predicted molar refractivity (Wildman–Crippen MR) is 68.2 cm³/mol. The minimum absolute atomic E-state index is 0.116. The number of carbonyl (C=O) groups is 1. The summed E-state index contributed by atoms with van der Waals surface area (Å²) in [6, 6.07) is 4.10. The highest BCUT2D eigenvalue weighted by molar-refractivity contribution is 7.89. The van der Waals surface area contributed by atoms with Crippen LogP contribution in [0.3, 0.4) is 0 Å². The van der Waals surface area contributed by atoms with E-state index in [2.05, 4.69) is 0 Å². The molecule has 2 aliphatic rings. The Bertz CT molecular complexity index is 723. The van der Waals surface area contributed by atoms with Gasteiger partial charge in [0.2, 0.25) is 5.91 Å². The van der Waals surface area contributed by atoms with Gasteiger partial charge >= 0.3 is 0 Å². The quantitative estimate of drug-likeness (QED) is 0.359. The molecule has 0 N–H and O–H groups in total. The molecule has 1 heterocycles. The van der Waals surface area contributed by atoms with Gasteiger partial charge in [0.1, 0.15) is 0 Å². The average Bonchev–Trinajstić information content (AvgIpc) is 2.82. The third kappa shape index (κ3) is 1.64. The fourth-order valence-electron chi connectivity index (χ4n) is 2.49. The second-order valence-corrected chi connectivity index (χ2v) is 6.47. The van der Waals surface area contributed by atoms with Crippen LogP contribution in [0.2, 0.25) is 0 Å². The van der Waals surface area contributed by atoms with E-state index >= 15 is 0 Å². The summed E-state index contributed by atoms with van der Waals surface area (Å²) < 4.78 is 25.5. The van der Waals surface area contributed by atoms with Gasteiger partial charge in [0.25, 0.3) is 15.7 Å². The maximum Gasteiger partial charge on any atom is 0.269 e. The number of nitro groups is 1. The smallest absolute Gasteiger partial charge is 0.269 e. The molecule has 3 rings (SSSR count). The summed E-state index contributed by atoms with van der Waals surface area (Å²) in [4.78, 5) is 21.7. The van der Waals surface area contributed by atoms with Crippen molar-refractivity contribution in [1.29, 1.82) is 0 Å². The highest BCUT2D eigenvalue weighted by Crippen LogP contribution is 2.39. The molecule has 0 spiro atoms. The zero-order chi connectivity index (χ0) is 14.5. The van der Waals surface area contributed by atoms with Crippen molar-refractivity contribution in [2.75, 3.05) is 0 Å². The van der Waals surface area contributed by atoms with Crippen LogP contribution in [0.1, 0.15) is 6.42 Å². The van der Waals surface area contributed by atoms with Gasteiger partial charge in [-0.15, -0.1) is 0 Å². The van der Waals surface area contributed by atoms with Gasteiger partial charge in [0.05, 0.1) is 21.8 Å². The monoisotopic (exact) mass is 294 g/mol. The number of hydrogen-bond acceptors (Lipinski definition) is 5. The molecule has 20 heavy (non-hydrogen) atoms. The van der Waals surface area contributed by atoms with Crippen molar-refractivity contribution in [2.24, 2.45) is 5.92 Å². The van der Waals surface area contributed by atoms with E-state index in [1.807, 2.05) is 0 Å². The Morgan fingerprint density at radius 2 is 1.90 bits per heavy atom. The summed E-state index contributed by atoms with van der Waals surface area (Å²) in [6.45, 7) is 0. The number of sulfonamides is 1. The lowest BCUT2D eigenvalue weighted by Crippen LogP contribution is -2.60. The Morgan fingerprint density at radius 1 is 1.25 bits per heavy atom. The summed E-state index contributed by atoms with van der Waals surface area (Å²) in [7, 11) is -3.94. The van der Waals surface area contributed by atoms with E-state index in [0.717, 1.165) is 28.6 Å². The maximum atomic E-state index is 12.4. The molecule has 8 heteroatoms. The fourth-order valence-corrected chi connectivity index (χ4v) is 4.10. The Kier molecular flexibility index (Phi) is 2.65. The topological polar surface area (TPSA) is 97.6 Å². The minimum atomic E-state index is -3.94. The third-order valence-electron chi connectivity index (χ3n) is 3.55. The number of fused-ring (bicyclic) bond motifs is 1. The van der Waals surface area contributed by atoms with Crippen molar-refractivity contribution in [3.05, 3.63) is 46.5 Å². The Morgan fingerprint density at radius 3 is 2.50 bits per heavy atom. The SMILES string of the molecule is O=C1C2CC=CC2N1S(=O)(=O)c1ccc([N+](=O)[O-])cc1. The van der Waals surface area contributed by atoms with E-state index in [9.17, 15) is 23.3 Å². The number of amides is 1. The number of nitrogens with zero attached hydrogens (tertiary/aromatic N) is 2. The largest absolute Gasteiger partial charge is 0.273 e. The number of nitro benzene ring substituents is 1. The van der Waals surface area contributed by atoms with E-state index < -0.39 is 26.9 Å². The lowest BCUT2D eigenvalue weighted by molar-refractivity contribution is -0.384. The molecule has 1 aliphatic heterocycles. The molecule has 104 valence electrons. The first kappa shape index (κ1) is 12.8. The van der Waals surface area contributed by atoms with Crippen LogP contribution in [-0.2, 0) is 14.8 Å². The normalized spacial score (nSPS) is 24.4. The van der Waals surface area contributed by atoms with Crippen LogP contribution in [0, 0.1) is 16.0 Å². The molecular weight excluding hydrogens is 284 g/mol. The summed E-state index contributed by atoms with van der Waals surface area (Å²) >= 11 is 0. The fraction of sp³-hybridized carbons (Fsp3) is 0.250. The molecule has 0 bridgehead atoms. The van der Waals surface area contributed by atoms with E-state index in [0.29, 0.717) is 6.42 Å². The zero-order valence-electron chi connectivity index (χ0n) is 10.2. The van der Waals surface area contributed by atoms with E-state index in [4.69, 9.17) is 0 Å². The number of β-lactam (4-membered cyclic amide) rings is 1. The third-order valence-corrected chi connectivity index (χ3v) is 5.35. The summed E-state index contributed by atoms with van der Waals surface area (Å²) in [5.41, 5.74) is -0.197. The lowest BCUT2D eigenvalue weighted by Gasteiger charge is -2.41. The number of carbonyl (C=O) groups excluding carboxylic acids is 1. The van der Waals surface area contributed by atoms with Crippen molar-refractivity contribution in [3.63, 3.8) is 0 Å². The number of non-ortho nitro benzene ring substituents is 1. The van der Waals surface area contributed by atoms with Crippen molar-refractivity contribution in [2.45, 2.75) is 17.4 Å². The van der Waals surface area contributed by atoms with Crippen LogP contribution in [0.4, 0.5) is 5.69 Å². The van der Waals surface area contributed by atoms with E-state index in [-0.39, 0.29) is 16.5 Å². The van der Waals surface area contributed by atoms with Gasteiger partial charge in [-0.3, -0.25) is 14.9 Å². The van der Waals surface area contributed by atoms with Crippen LogP contribution in [0.5, 0.6) is 0 Å². The van der Waals surface area contributed by atoms with Gasteiger partial charge < -0.3 is 0 Å². The Hall–Kier alpha value is -2.22. The number of benzene rings is 1. The Labute approximate surface area is 114 Å². The molecule has 7 nitrogen and oxygen atoms in total. The molecular formula is C12H10N2O5S. The van der Waals surface area contributed by atoms with Crippen molar-refractivity contribution >= 4 is 21.6 Å². The van der Waals surface area contributed by atoms with Gasteiger partial charge in [-0.25, -0.2) is 12.7 Å². The second-order valence-electron chi connectivity index (χ2n) is 4.65. The molecule has 1 aliphatic carbocycles. The molecule has 1 aromatic carbocycles. The molecule has 0 saturated carbocycles. The summed E-state index contributed by atoms with van der Waals surface area (Å²) in [6.07, 6.45) is 4.06. The first-order chi connectivity index (χ1) is 9.43. The molecule has 2 atom stereocenters. The van der Waals surface area contributed by atoms with Gasteiger partial charge in [-0.2, -0.15) is 0 Å². The minimum Gasteiger partial charge on any atom is -0.273 e. The maximum absolute atomic E-state index is 12.4. The van der Waals surface area contributed by atoms with Crippen LogP contribution >= 0.6 is 0 Å². The van der Waals surface area contributed by atoms with Crippen molar-refractivity contribution in [1.82, 2.24) is 4.31 Å². The highest BCUT2D eigenvalue weighted by atomic mass is 32.2. The van der Waals surface area contributed by atoms with Crippen molar-refractivity contribution in [3.8, 4) is 0 Å². The molecule has 1 saturated heterocycles. The molecule has 1 amide bonds. The summed E-state index contributed by atoms with van der Waals surface area (Å²) in [5.74, 6) is -0.693. The number of allylic oxidation sites excluding steroid dienone is 1. The highest BCUT2D eigenvalue weighted by Gasteiger charge is 2.53. The van der Waals surface area contributed by atoms with Gasteiger partial charge in [-0.1, -0.05) is 12.2 Å². The lowest BCUT2D eigenvalue weighted by atomic mass is 9.94. The van der Waals surface area contributed by atoms with E-state index in [1.165, 1.54) is 0 Å². The molecule has 0 aromatic heterocycles. The van der Waals surface area contributed by atoms with Gasteiger partial charge in [0, 0.05) is 12.1 Å². The predicted octanol–water partition coefficient (Wildman–Crippen LogP) is 1.07. The van der Waals surface area contributed by atoms with Crippen LogP contribution in [0.25, 0.3) is 0 Å². The van der Waals surface area contributed by atoms with Crippen LogP contribution in [0.15, 0.2) is 41.3 Å². The second kappa shape index (κ2) is 4.14. The first-order valence-electron chi connectivity index (χ1n) is 5.92. The van der Waals surface area contributed by atoms with Crippen LogP contribution in [-0.4, -0.2) is 29.6 Å². The summed E-state index contributed by atoms with van der Waals surface area (Å²) in [5, 5.41) is 10.5. The molecule has 2 unspecified atom stereocenters. The van der Waals surface area contributed by atoms with Gasteiger partial charge in [0.15, 0.2) is 0 Å². The number of rotatable bonds is 3. The Balaban J connectivity index is 1.94. The van der Waals surface area contributed by atoms with Gasteiger partial charge in [-0.05, 0) is 18.6 Å². The van der Waals surface area contributed by atoms with Crippen LogP contribution < -0.4 is 0 Å². The molecule has 0 radical (unpaired) electrons. The van der Waals surface area contributed by atoms with E-state index in [1.54, 1.807) is 12.2 Å². The molecule has 1 aromatic rings. The number of hydrogen-bond donors (Lipinski definition) is 0. The average molecular weight is 294 g/mol. The van der Waals surface area contributed by atoms with Crippen molar-refractivity contribution < 1.29 is 18.1 Å². The molecule has 1 fully saturated rings. The standard InChI is InChI=1S/C12H10N2O5S/c15-12-10-2-1-3-11(10)13(12)20(18,19)9-6-4-8(5-7-9)14(16)17/h1,3-7,10-11H,2H2.